The molecule has 4 heteroatoms. The Morgan fingerprint density at radius 1 is 1.42 bits per heavy atom. The van der Waals surface area contributed by atoms with Crippen molar-refractivity contribution in [3.63, 3.8) is 0 Å². The average molecular weight is 265 g/mol. The number of nitrogens with zero attached hydrogens (tertiary/aromatic N) is 2. The van der Waals surface area contributed by atoms with Gasteiger partial charge >= 0.3 is 0 Å². The maximum absolute atomic E-state index is 14.2. The maximum Gasteiger partial charge on any atom is 0.132 e. The van der Waals surface area contributed by atoms with Crippen molar-refractivity contribution in [1.29, 1.82) is 0 Å². The van der Waals surface area contributed by atoms with E-state index in [2.05, 4.69) is 23.9 Å². The Labute approximate surface area is 115 Å². The molecule has 1 fully saturated rings. The Kier molecular flexibility index (Phi) is 4.91. The lowest BCUT2D eigenvalue weighted by atomic mass is 10.0. The second kappa shape index (κ2) is 6.46. The summed E-state index contributed by atoms with van der Waals surface area (Å²) < 4.78 is 14.2. The molecule has 1 unspecified atom stereocenters. The van der Waals surface area contributed by atoms with Crippen molar-refractivity contribution in [3.05, 3.63) is 35.1 Å². The van der Waals surface area contributed by atoms with Gasteiger partial charge in [0.1, 0.15) is 5.82 Å². The van der Waals surface area contributed by atoms with Crippen molar-refractivity contribution in [2.75, 3.05) is 27.2 Å². The van der Waals surface area contributed by atoms with Crippen LogP contribution in [0.4, 0.5) is 4.39 Å². The standard InChI is InChI=1S/C15H24FN3/c1-18-8-4-7-14(11-18)19(2)10-13-6-3-5-12(9-17)15(13)16/h3,5-6,14H,4,7-11,17H2,1-2H3. The van der Waals surface area contributed by atoms with E-state index in [1.807, 2.05) is 12.1 Å². The van der Waals surface area contributed by atoms with Gasteiger partial charge in [0.05, 0.1) is 0 Å². The molecule has 0 bridgehead atoms. The third kappa shape index (κ3) is 3.53. The van der Waals surface area contributed by atoms with E-state index in [-0.39, 0.29) is 12.4 Å². The molecule has 1 atom stereocenters. The fraction of sp³-hybridized carbons (Fsp3) is 0.600. The summed E-state index contributed by atoms with van der Waals surface area (Å²) in [7, 11) is 4.23. The highest BCUT2D eigenvalue weighted by molar-refractivity contribution is 5.25. The molecular weight excluding hydrogens is 241 g/mol. The van der Waals surface area contributed by atoms with E-state index in [1.54, 1.807) is 6.07 Å². The van der Waals surface area contributed by atoms with Gasteiger partial charge in [-0.15, -0.1) is 0 Å². The van der Waals surface area contributed by atoms with Crippen molar-refractivity contribution in [2.24, 2.45) is 5.73 Å². The number of rotatable bonds is 4. The number of hydrogen-bond acceptors (Lipinski definition) is 3. The number of halogens is 1. The zero-order chi connectivity index (χ0) is 13.8. The van der Waals surface area contributed by atoms with Gasteiger partial charge in [0, 0.05) is 36.8 Å². The second-order valence-electron chi connectivity index (χ2n) is 5.57. The third-order valence-electron chi connectivity index (χ3n) is 4.02. The maximum atomic E-state index is 14.2. The van der Waals surface area contributed by atoms with Gasteiger partial charge in [-0.25, -0.2) is 4.39 Å². The van der Waals surface area contributed by atoms with Gasteiger partial charge in [-0.3, -0.25) is 4.90 Å². The normalized spacial score (nSPS) is 21.0. The molecule has 0 radical (unpaired) electrons. The van der Waals surface area contributed by atoms with Gasteiger partial charge in [0.25, 0.3) is 0 Å². The van der Waals surface area contributed by atoms with Crippen LogP contribution in [0.1, 0.15) is 24.0 Å². The summed E-state index contributed by atoms with van der Waals surface area (Å²) in [6, 6.07) is 6.02. The van der Waals surface area contributed by atoms with Gasteiger partial charge in [0.2, 0.25) is 0 Å². The van der Waals surface area contributed by atoms with Crippen LogP contribution in [-0.2, 0) is 13.1 Å². The summed E-state index contributed by atoms with van der Waals surface area (Å²) >= 11 is 0. The molecule has 1 saturated heterocycles. The van der Waals surface area contributed by atoms with E-state index in [9.17, 15) is 4.39 Å². The molecule has 106 valence electrons. The van der Waals surface area contributed by atoms with Gasteiger partial charge in [-0.05, 0) is 33.5 Å². The van der Waals surface area contributed by atoms with Crippen molar-refractivity contribution in [3.8, 4) is 0 Å². The Morgan fingerprint density at radius 3 is 2.84 bits per heavy atom. The Hall–Kier alpha value is -0.970. The molecule has 0 aliphatic carbocycles. The van der Waals surface area contributed by atoms with Crippen LogP contribution >= 0.6 is 0 Å². The number of nitrogens with two attached hydrogens (primary N) is 1. The van der Waals surface area contributed by atoms with Gasteiger partial charge in [-0.1, -0.05) is 18.2 Å². The lowest BCUT2D eigenvalue weighted by molar-refractivity contribution is 0.128. The predicted octanol–water partition coefficient (Wildman–Crippen LogP) is 1.81. The molecule has 0 saturated carbocycles. The third-order valence-corrected chi connectivity index (χ3v) is 4.02. The number of likely N-dealkylation sites (tertiary alicyclic amines) is 1. The summed E-state index contributed by atoms with van der Waals surface area (Å²) in [6.07, 6.45) is 2.41. The van der Waals surface area contributed by atoms with Crippen LogP contribution in [0.2, 0.25) is 0 Å². The van der Waals surface area contributed by atoms with E-state index in [4.69, 9.17) is 5.73 Å². The molecule has 1 aliphatic heterocycles. The van der Waals surface area contributed by atoms with Crippen LogP contribution in [0.5, 0.6) is 0 Å². The van der Waals surface area contributed by atoms with Crippen LogP contribution in [0.3, 0.4) is 0 Å². The SMILES string of the molecule is CN1CCCC(N(C)Cc2cccc(CN)c2F)C1. The van der Waals surface area contributed by atoms with Crippen molar-refractivity contribution in [2.45, 2.75) is 32.0 Å². The highest BCUT2D eigenvalue weighted by atomic mass is 19.1. The molecule has 2 rings (SSSR count). The summed E-state index contributed by atoms with van der Waals surface area (Å²) in [5.41, 5.74) is 6.90. The summed E-state index contributed by atoms with van der Waals surface area (Å²) in [5, 5.41) is 0. The summed E-state index contributed by atoms with van der Waals surface area (Å²) in [5.74, 6) is -0.138. The van der Waals surface area contributed by atoms with E-state index in [0.717, 1.165) is 12.1 Å². The molecule has 19 heavy (non-hydrogen) atoms. The van der Waals surface area contributed by atoms with Crippen LogP contribution in [0.25, 0.3) is 0 Å². The van der Waals surface area contributed by atoms with Crippen LogP contribution < -0.4 is 5.73 Å². The molecule has 0 amide bonds. The molecule has 0 spiro atoms. The van der Waals surface area contributed by atoms with Crippen LogP contribution in [0.15, 0.2) is 18.2 Å². The summed E-state index contributed by atoms with van der Waals surface area (Å²) in [4.78, 5) is 4.60. The fourth-order valence-corrected chi connectivity index (χ4v) is 2.81. The molecule has 0 aromatic heterocycles. The van der Waals surface area contributed by atoms with E-state index in [1.165, 1.54) is 19.4 Å². The Balaban J connectivity index is 2.04. The molecule has 1 aromatic rings. The first kappa shape index (κ1) is 14.4. The molecule has 1 aliphatic rings. The summed E-state index contributed by atoms with van der Waals surface area (Å²) in [6.45, 7) is 3.14. The number of piperidine rings is 1. The minimum Gasteiger partial charge on any atom is -0.326 e. The van der Waals surface area contributed by atoms with Crippen LogP contribution in [0, 0.1) is 5.82 Å². The number of likely N-dealkylation sites (N-methyl/N-ethyl adjacent to an activating group) is 2. The van der Waals surface area contributed by atoms with Crippen molar-refractivity contribution >= 4 is 0 Å². The first-order chi connectivity index (χ1) is 9.11. The molecule has 3 nitrogen and oxygen atoms in total. The predicted molar refractivity (Wildman–Crippen MR) is 76.3 cm³/mol. The fourth-order valence-electron chi connectivity index (χ4n) is 2.81. The quantitative estimate of drug-likeness (QED) is 0.901. The molecular formula is C15H24FN3. The van der Waals surface area contributed by atoms with Gasteiger partial charge in [-0.2, -0.15) is 0 Å². The van der Waals surface area contributed by atoms with Gasteiger partial charge in [0.15, 0.2) is 0 Å². The van der Waals surface area contributed by atoms with Crippen molar-refractivity contribution in [1.82, 2.24) is 9.80 Å². The lowest BCUT2D eigenvalue weighted by Gasteiger charge is -2.36. The second-order valence-corrected chi connectivity index (χ2v) is 5.57. The van der Waals surface area contributed by atoms with Crippen molar-refractivity contribution < 1.29 is 4.39 Å². The Bertz CT molecular complexity index is 422. The highest BCUT2D eigenvalue weighted by Gasteiger charge is 2.21. The molecule has 1 aromatic carbocycles. The average Bonchev–Trinajstić information content (AvgIpc) is 2.41. The minimum absolute atomic E-state index is 0.138. The smallest absolute Gasteiger partial charge is 0.132 e. The topological polar surface area (TPSA) is 32.5 Å². The Morgan fingerprint density at radius 2 is 2.16 bits per heavy atom. The first-order valence-electron chi connectivity index (χ1n) is 6.97. The van der Waals surface area contributed by atoms with Gasteiger partial charge < -0.3 is 10.6 Å². The zero-order valence-corrected chi connectivity index (χ0v) is 11.9. The monoisotopic (exact) mass is 265 g/mol. The van der Waals surface area contributed by atoms with E-state index >= 15 is 0 Å². The largest absolute Gasteiger partial charge is 0.326 e. The highest BCUT2D eigenvalue weighted by Crippen LogP contribution is 2.19. The van der Waals surface area contributed by atoms with E-state index < -0.39 is 0 Å². The molecule has 2 N–H and O–H groups in total. The zero-order valence-electron chi connectivity index (χ0n) is 11.9. The van der Waals surface area contributed by atoms with Crippen LogP contribution in [-0.4, -0.2) is 43.0 Å². The first-order valence-corrected chi connectivity index (χ1v) is 6.97. The lowest BCUT2D eigenvalue weighted by Crippen LogP contribution is -2.44. The van der Waals surface area contributed by atoms with E-state index in [0.29, 0.717) is 18.2 Å². The number of benzene rings is 1. The number of hydrogen-bond donors (Lipinski definition) is 1. The minimum atomic E-state index is -0.138. The molecule has 1 heterocycles.